The minimum absolute atomic E-state index is 0. The molecule has 2 aromatic rings. The molecule has 0 fully saturated rings. The van der Waals surface area contributed by atoms with E-state index in [-0.39, 0.29) is 31.4 Å². The molecule has 2 rings (SSSR count). The molecule has 0 saturated carbocycles. The quantitative estimate of drug-likeness (QED) is 0.773. The van der Waals surface area contributed by atoms with Crippen molar-refractivity contribution in [2.45, 2.75) is 13.2 Å². The summed E-state index contributed by atoms with van der Waals surface area (Å²) in [6.07, 6.45) is 0. The zero-order chi connectivity index (χ0) is 14.2. The first kappa shape index (κ1) is 17.4. The van der Waals surface area contributed by atoms with E-state index in [4.69, 9.17) is 9.84 Å². The second kappa shape index (κ2) is 9.34. The Morgan fingerprint density at radius 1 is 1.10 bits per heavy atom. The van der Waals surface area contributed by atoms with E-state index in [1.165, 1.54) is 6.07 Å². The number of benzene rings is 2. The van der Waals surface area contributed by atoms with Crippen LogP contribution in [-0.2, 0) is 13.2 Å². The molecule has 2 N–H and O–H groups in total. The molecule has 0 atom stereocenters. The Bertz CT molecular complexity index is 551. The molecule has 114 valence electrons. The van der Waals surface area contributed by atoms with Gasteiger partial charge in [0.05, 0.1) is 6.61 Å². The van der Waals surface area contributed by atoms with E-state index in [2.05, 4.69) is 5.32 Å². The van der Waals surface area contributed by atoms with Crippen molar-refractivity contribution in [2.75, 3.05) is 13.2 Å². The smallest absolute Gasteiger partial charge is 0.129 e. The fourth-order valence-corrected chi connectivity index (χ4v) is 1.83. The van der Waals surface area contributed by atoms with E-state index in [0.29, 0.717) is 24.4 Å². The lowest BCUT2D eigenvalue weighted by atomic mass is 10.2. The van der Waals surface area contributed by atoms with Gasteiger partial charge in [0.25, 0.3) is 0 Å². The average Bonchev–Trinajstić information content (AvgIpc) is 2.47. The van der Waals surface area contributed by atoms with Crippen LogP contribution in [0.4, 0.5) is 4.39 Å². The van der Waals surface area contributed by atoms with Gasteiger partial charge in [-0.1, -0.05) is 30.3 Å². The maximum Gasteiger partial charge on any atom is 0.129 e. The summed E-state index contributed by atoms with van der Waals surface area (Å²) >= 11 is 0. The lowest BCUT2D eigenvalue weighted by molar-refractivity contribution is 0.291. The highest BCUT2D eigenvalue weighted by atomic mass is 35.5. The Morgan fingerprint density at radius 3 is 2.67 bits per heavy atom. The van der Waals surface area contributed by atoms with Crippen LogP contribution in [0.15, 0.2) is 48.5 Å². The molecule has 0 aromatic heterocycles. The van der Waals surface area contributed by atoms with Gasteiger partial charge in [-0.2, -0.15) is 0 Å². The summed E-state index contributed by atoms with van der Waals surface area (Å²) in [5.74, 6) is 0.449. The molecule has 21 heavy (non-hydrogen) atoms. The molecule has 0 aliphatic heterocycles. The molecular weight excluding hydrogens is 293 g/mol. The van der Waals surface area contributed by atoms with Gasteiger partial charge in [-0.3, -0.25) is 0 Å². The zero-order valence-corrected chi connectivity index (χ0v) is 12.4. The molecule has 0 amide bonds. The van der Waals surface area contributed by atoms with Crippen LogP contribution >= 0.6 is 12.4 Å². The Balaban J connectivity index is 0.00000220. The van der Waals surface area contributed by atoms with Crippen molar-refractivity contribution in [3.05, 3.63) is 65.5 Å². The number of hydrogen-bond acceptors (Lipinski definition) is 3. The van der Waals surface area contributed by atoms with Crippen LogP contribution in [0.1, 0.15) is 11.1 Å². The van der Waals surface area contributed by atoms with Crippen LogP contribution in [0, 0.1) is 5.82 Å². The van der Waals surface area contributed by atoms with Gasteiger partial charge in [0.2, 0.25) is 0 Å². The Labute approximate surface area is 130 Å². The van der Waals surface area contributed by atoms with Crippen molar-refractivity contribution in [1.29, 1.82) is 0 Å². The average molecular weight is 312 g/mol. The van der Waals surface area contributed by atoms with E-state index in [0.717, 1.165) is 5.56 Å². The number of ether oxygens (including phenoxy) is 1. The van der Waals surface area contributed by atoms with Crippen molar-refractivity contribution < 1.29 is 14.2 Å². The van der Waals surface area contributed by atoms with Gasteiger partial charge in [0.1, 0.15) is 18.2 Å². The highest BCUT2D eigenvalue weighted by Gasteiger charge is 2.02. The summed E-state index contributed by atoms with van der Waals surface area (Å²) in [7, 11) is 0. The second-order valence-corrected chi connectivity index (χ2v) is 4.43. The normalized spacial score (nSPS) is 10.0. The maximum absolute atomic E-state index is 13.5. The minimum Gasteiger partial charge on any atom is -0.489 e. The fourth-order valence-electron chi connectivity index (χ4n) is 1.83. The topological polar surface area (TPSA) is 41.5 Å². The Morgan fingerprint density at radius 2 is 1.90 bits per heavy atom. The van der Waals surface area contributed by atoms with Crippen molar-refractivity contribution in [3.8, 4) is 5.75 Å². The van der Waals surface area contributed by atoms with E-state index in [1.807, 2.05) is 24.3 Å². The van der Waals surface area contributed by atoms with Gasteiger partial charge in [-0.25, -0.2) is 4.39 Å². The molecule has 0 unspecified atom stereocenters. The molecule has 0 radical (unpaired) electrons. The third-order valence-electron chi connectivity index (χ3n) is 2.87. The van der Waals surface area contributed by atoms with E-state index in [1.54, 1.807) is 18.2 Å². The van der Waals surface area contributed by atoms with E-state index in [9.17, 15) is 4.39 Å². The first-order valence-electron chi connectivity index (χ1n) is 6.56. The summed E-state index contributed by atoms with van der Waals surface area (Å²) in [6.45, 7) is 1.54. The third-order valence-corrected chi connectivity index (χ3v) is 2.87. The van der Waals surface area contributed by atoms with Gasteiger partial charge in [0.15, 0.2) is 0 Å². The first-order valence-corrected chi connectivity index (χ1v) is 6.56. The predicted octanol–water partition coefficient (Wildman–Crippen LogP) is 2.91. The monoisotopic (exact) mass is 311 g/mol. The highest BCUT2D eigenvalue weighted by molar-refractivity contribution is 5.85. The number of halogens is 2. The molecule has 0 saturated heterocycles. The lowest BCUT2D eigenvalue weighted by Crippen LogP contribution is -2.17. The molecule has 2 aromatic carbocycles. The van der Waals surface area contributed by atoms with Crippen molar-refractivity contribution in [1.82, 2.24) is 5.32 Å². The highest BCUT2D eigenvalue weighted by Crippen LogP contribution is 2.16. The number of hydrogen-bond donors (Lipinski definition) is 2. The summed E-state index contributed by atoms with van der Waals surface area (Å²) < 4.78 is 19.1. The van der Waals surface area contributed by atoms with Gasteiger partial charge in [-0.15, -0.1) is 12.4 Å². The first-order chi connectivity index (χ1) is 9.79. The number of aliphatic hydroxyl groups excluding tert-OH is 1. The molecule has 0 spiro atoms. The second-order valence-electron chi connectivity index (χ2n) is 4.43. The van der Waals surface area contributed by atoms with Crippen LogP contribution in [0.25, 0.3) is 0 Å². The van der Waals surface area contributed by atoms with E-state index >= 15 is 0 Å². The molecule has 0 aliphatic carbocycles. The summed E-state index contributed by atoms with van der Waals surface area (Å²) in [6, 6.07) is 14.2. The van der Waals surface area contributed by atoms with Crippen molar-refractivity contribution >= 4 is 12.4 Å². The maximum atomic E-state index is 13.5. The SMILES string of the molecule is Cl.OCCNCc1cccc(OCc2ccccc2F)c1. The number of nitrogens with one attached hydrogen (secondary N) is 1. The summed E-state index contributed by atoms with van der Waals surface area (Å²) in [5.41, 5.74) is 1.60. The van der Waals surface area contributed by atoms with Crippen LogP contribution in [0.3, 0.4) is 0 Å². The Kier molecular flexibility index (Phi) is 7.75. The van der Waals surface area contributed by atoms with Gasteiger partial charge in [0, 0.05) is 18.7 Å². The summed E-state index contributed by atoms with van der Waals surface area (Å²) in [5, 5.41) is 11.8. The lowest BCUT2D eigenvalue weighted by Gasteiger charge is -2.09. The van der Waals surface area contributed by atoms with Gasteiger partial charge >= 0.3 is 0 Å². The minimum atomic E-state index is -0.256. The van der Waals surface area contributed by atoms with Crippen LogP contribution in [0.2, 0.25) is 0 Å². The standard InChI is InChI=1S/C16H18FNO2.ClH/c17-16-7-2-1-5-14(16)12-20-15-6-3-4-13(10-15)11-18-8-9-19;/h1-7,10,18-19H,8-9,11-12H2;1H. The predicted molar refractivity (Wildman–Crippen MR) is 83.2 cm³/mol. The summed E-state index contributed by atoms with van der Waals surface area (Å²) in [4.78, 5) is 0. The third kappa shape index (κ3) is 5.71. The molecule has 5 heteroatoms. The largest absolute Gasteiger partial charge is 0.489 e. The molecule has 0 bridgehead atoms. The molecule has 0 heterocycles. The van der Waals surface area contributed by atoms with Crippen LogP contribution in [-0.4, -0.2) is 18.3 Å². The van der Waals surface area contributed by atoms with Crippen molar-refractivity contribution in [3.63, 3.8) is 0 Å². The number of aliphatic hydroxyl groups is 1. The van der Waals surface area contributed by atoms with Crippen LogP contribution in [0.5, 0.6) is 5.75 Å². The van der Waals surface area contributed by atoms with Crippen molar-refractivity contribution in [2.24, 2.45) is 0 Å². The number of rotatable bonds is 7. The Hall–Kier alpha value is -1.62. The molecule has 3 nitrogen and oxygen atoms in total. The zero-order valence-electron chi connectivity index (χ0n) is 11.6. The molecular formula is C16H19ClFNO2. The fraction of sp³-hybridized carbons (Fsp3) is 0.250. The van der Waals surface area contributed by atoms with Crippen LogP contribution < -0.4 is 10.1 Å². The van der Waals surface area contributed by atoms with Gasteiger partial charge in [-0.05, 0) is 23.8 Å². The molecule has 0 aliphatic rings. The van der Waals surface area contributed by atoms with E-state index < -0.39 is 0 Å². The van der Waals surface area contributed by atoms with Gasteiger partial charge < -0.3 is 15.2 Å².